The van der Waals surface area contributed by atoms with Crippen LogP contribution in [0.4, 0.5) is 0 Å². The molecule has 0 saturated carbocycles. The van der Waals surface area contributed by atoms with Crippen molar-refractivity contribution in [3.63, 3.8) is 0 Å². The molecule has 2 rings (SSSR count). The average molecular weight is 241 g/mol. The molecule has 18 heavy (non-hydrogen) atoms. The van der Waals surface area contributed by atoms with Gasteiger partial charge < -0.3 is 0 Å². The van der Waals surface area contributed by atoms with Gasteiger partial charge in [0.1, 0.15) is 0 Å². The van der Waals surface area contributed by atoms with E-state index in [1.165, 1.54) is 12.8 Å². The molecule has 0 spiro atoms. The molecule has 0 unspecified atom stereocenters. The van der Waals surface area contributed by atoms with Gasteiger partial charge in [0, 0.05) is 23.6 Å². The Morgan fingerprint density at radius 3 is 2.78 bits per heavy atom. The lowest BCUT2D eigenvalue weighted by molar-refractivity contribution is 0.0980. The molecular formula is C16H19NO. The molecule has 1 aromatic carbocycles. The zero-order valence-electron chi connectivity index (χ0n) is 10.9. The van der Waals surface area contributed by atoms with Crippen LogP contribution in [0.15, 0.2) is 36.5 Å². The number of para-hydroxylation sites is 1. The quantitative estimate of drug-likeness (QED) is 0.554. The zero-order chi connectivity index (χ0) is 12.8. The minimum absolute atomic E-state index is 0.218. The Morgan fingerprint density at radius 2 is 1.94 bits per heavy atom. The highest BCUT2D eigenvalue weighted by Gasteiger charge is 2.09. The van der Waals surface area contributed by atoms with Crippen LogP contribution >= 0.6 is 0 Å². The number of rotatable bonds is 6. The predicted octanol–water partition coefficient (Wildman–Crippen LogP) is 4.39. The summed E-state index contributed by atoms with van der Waals surface area (Å²) in [4.78, 5) is 16.5. The minimum atomic E-state index is 0.218. The number of ketones is 1. The van der Waals surface area contributed by atoms with Gasteiger partial charge >= 0.3 is 0 Å². The van der Waals surface area contributed by atoms with E-state index in [0.29, 0.717) is 6.42 Å². The number of fused-ring (bicyclic) bond motifs is 1. The Morgan fingerprint density at radius 1 is 1.11 bits per heavy atom. The molecule has 0 aliphatic heterocycles. The molecule has 94 valence electrons. The highest BCUT2D eigenvalue weighted by Crippen LogP contribution is 2.18. The van der Waals surface area contributed by atoms with E-state index in [4.69, 9.17) is 0 Å². The third kappa shape index (κ3) is 2.95. The fourth-order valence-electron chi connectivity index (χ4n) is 2.18. The van der Waals surface area contributed by atoms with Crippen LogP contribution in [0, 0.1) is 0 Å². The first-order chi connectivity index (χ1) is 8.83. The second-order valence-electron chi connectivity index (χ2n) is 4.61. The summed E-state index contributed by atoms with van der Waals surface area (Å²) in [5.74, 6) is 0.218. The van der Waals surface area contributed by atoms with Crippen molar-refractivity contribution >= 4 is 16.7 Å². The summed E-state index contributed by atoms with van der Waals surface area (Å²) < 4.78 is 0. The molecule has 0 radical (unpaired) electrons. The summed E-state index contributed by atoms with van der Waals surface area (Å²) in [7, 11) is 0. The molecule has 0 aliphatic carbocycles. The topological polar surface area (TPSA) is 30.0 Å². The zero-order valence-corrected chi connectivity index (χ0v) is 10.9. The summed E-state index contributed by atoms with van der Waals surface area (Å²) in [6.07, 6.45) is 6.91. The fraction of sp³-hybridized carbons (Fsp3) is 0.375. The molecule has 1 heterocycles. The number of unbranched alkanes of at least 4 members (excludes halogenated alkanes) is 3. The van der Waals surface area contributed by atoms with E-state index in [-0.39, 0.29) is 5.78 Å². The third-order valence-corrected chi connectivity index (χ3v) is 3.19. The second-order valence-corrected chi connectivity index (χ2v) is 4.61. The van der Waals surface area contributed by atoms with Crippen LogP contribution in [0.25, 0.3) is 10.9 Å². The van der Waals surface area contributed by atoms with Gasteiger partial charge in [0.2, 0.25) is 0 Å². The first-order valence-electron chi connectivity index (χ1n) is 6.70. The van der Waals surface area contributed by atoms with Crippen molar-refractivity contribution in [2.45, 2.75) is 39.0 Å². The smallest absolute Gasteiger partial charge is 0.165 e. The maximum Gasteiger partial charge on any atom is 0.165 e. The molecule has 1 aromatic heterocycles. The van der Waals surface area contributed by atoms with Crippen LogP contribution in [-0.4, -0.2) is 10.8 Å². The Hall–Kier alpha value is -1.70. The van der Waals surface area contributed by atoms with E-state index >= 15 is 0 Å². The molecule has 0 N–H and O–H groups in total. The van der Waals surface area contributed by atoms with Gasteiger partial charge in [-0.3, -0.25) is 9.78 Å². The van der Waals surface area contributed by atoms with Gasteiger partial charge in [-0.15, -0.1) is 0 Å². The maximum absolute atomic E-state index is 12.2. The number of carbonyl (C=O) groups excluding carboxylic acids is 1. The number of hydrogen-bond donors (Lipinski definition) is 0. The standard InChI is InChI=1S/C16H19NO/c1-2-3-4-5-11-15(18)14-10-6-8-13-9-7-12-17-16(13)14/h6-10,12H,2-5,11H2,1H3. The summed E-state index contributed by atoms with van der Waals surface area (Å²) in [5.41, 5.74) is 1.60. The van der Waals surface area contributed by atoms with E-state index in [9.17, 15) is 4.79 Å². The fourth-order valence-corrected chi connectivity index (χ4v) is 2.18. The molecule has 0 atom stereocenters. The van der Waals surface area contributed by atoms with Gasteiger partial charge in [-0.25, -0.2) is 0 Å². The summed E-state index contributed by atoms with van der Waals surface area (Å²) in [6, 6.07) is 9.71. The Kier molecular flexibility index (Phi) is 4.46. The predicted molar refractivity (Wildman–Crippen MR) is 74.8 cm³/mol. The molecule has 0 bridgehead atoms. The number of aromatic nitrogens is 1. The molecule has 0 amide bonds. The molecule has 2 heteroatoms. The van der Waals surface area contributed by atoms with Crippen LogP contribution in [0.2, 0.25) is 0 Å². The number of pyridine rings is 1. The lowest BCUT2D eigenvalue weighted by Crippen LogP contribution is -2.01. The molecule has 2 aromatic rings. The van der Waals surface area contributed by atoms with E-state index in [2.05, 4.69) is 11.9 Å². The molecule has 2 nitrogen and oxygen atoms in total. The highest BCUT2D eigenvalue weighted by atomic mass is 16.1. The average Bonchev–Trinajstić information content (AvgIpc) is 2.43. The number of nitrogens with zero attached hydrogens (tertiary/aromatic N) is 1. The Bertz CT molecular complexity index is 528. The van der Waals surface area contributed by atoms with Crippen molar-refractivity contribution in [3.05, 3.63) is 42.1 Å². The van der Waals surface area contributed by atoms with Crippen LogP contribution in [0.1, 0.15) is 49.4 Å². The number of carbonyl (C=O) groups is 1. The lowest BCUT2D eigenvalue weighted by atomic mass is 10.0. The summed E-state index contributed by atoms with van der Waals surface area (Å²) >= 11 is 0. The molecule has 0 saturated heterocycles. The van der Waals surface area contributed by atoms with E-state index in [0.717, 1.165) is 29.3 Å². The molecular weight excluding hydrogens is 222 g/mol. The monoisotopic (exact) mass is 241 g/mol. The van der Waals surface area contributed by atoms with E-state index in [1.807, 2.05) is 30.3 Å². The van der Waals surface area contributed by atoms with Crippen LogP contribution in [0.5, 0.6) is 0 Å². The molecule has 0 aliphatic rings. The van der Waals surface area contributed by atoms with Gasteiger partial charge in [-0.1, -0.05) is 44.4 Å². The van der Waals surface area contributed by atoms with Crippen LogP contribution in [0.3, 0.4) is 0 Å². The molecule has 0 fully saturated rings. The van der Waals surface area contributed by atoms with Gasteiger partial charge in [0.25, 0.3) is 0 Å². The second kappa shape index (κ2) is 6.29. The highest BCUT2D eigenvalue weighted by molar-refractivity contribution is 6.06. The van der Waals surface area contributed by atoms with Gasteiger partial charge in [-0.05, 0) is 18.6 Å². The number of benzene rings is 1. The SMILES string of the molecule is CCCCCCC(=O)c1cccc2cccnc12. The van der Waals surface area contributed by atoms with Crippen molar-refractivity contribution in [1.29, 1.82) is 0 Å². The normalized spacial score (nSPS) is 10.7. The van der Waals surface area contributed by atoms with Crippen molar-refractivity contribution in [3.8, 4) is 0 Å². The number of hydrogen-bond acceptors (Lipinski definition) is 2. The van der Waals surface area contributed by atoms with E-state index in [1.54, 1.807) is 6.20 Å². The Labute approximate surface area is 108 Å². The lowest BCUT2D eigenvalue weighted by Gasteiger charge is -2.04. The van der Waals surface area contributed by atoms with Gasteiger partial charge in [0.15, 0.2) is 5.78 Å². The van der Waals surface area contributed by atoms with Gasteiger partial charge in [-0.2, -0.15) is 0 Å². The summed E-state index contributed by atoms with van der Waals surface area (Å²) in [5, 5.41) is 1.04. The van der Waals surface area contributed by atoms with Crippen molar-refractivity contribution in [2.75, 3.05) is 0 Å². The van der Waals surface area contributed by atoms with E-state index < -0.39 is 0 Å². The van der Waals surface area contributed by atoms with Crippen molar-refractivity contribution < 1.29 is 4.79 Å². The van der Waals surface area contributed by atoms with Crippen molar-refractivity contribution in [2.24, 2.45) is 0 Å². The van der Waals surface area contributed by atoms with Crippen molar-refractivity contribution in [1.82, 2.24) is 4.98 Å². The third-order valence-electron chi connectivity index (χ3n) is 3.19. The number of Topliss-reactive ketones (excluding diaryl/α,β-unsaturated/α-hetero) is 1. The maximum atomic E-state index is 12.2. The van der Waals surface area contributed by atoms with Crippen LogP contribution < -0.4 is 0 Å². The van der Waals surface area contributed by atoms with Crippen LogP contribution in [-0.2, 0) is 0 Å². The Balaban J connectivity index is 2.13. The first-order valence-corrected chi connectivity index (χ1v) is 6.70. The summed E-state index contributed by atoms with van der Waals surface area (Å²) in [6.45, 7) is 2.18. The first kappa shape index (κ1) is 12.7. The van der Waals surface area contributed by atoms with Gasteiger partial charge in [0.05, 0.1) is 5.52 Å². The largest absolute Gasteiger partial charge is 0.294 e. The minimum Gasteiger partial charge on any atom is -0.294 e.